The summed E-state index contributed by atoms with van der Waals surface area (Å²) in [6.07, 6.45) is 0. The summed E-state index contributed by atoms with van der Waals surface area (Å²) in [6.45, 7) is 4.63. The third-order valence-corrected chi connectivity index (χ3v) is 5.18. The summed E-state index contributed by atoms with van der Waals surface area (Å²) in [6, 6.07) is 11.0. The van der Waals surface area contributed by atoms with E-state index in [2.05, 4.69) is 50.9 Å². The number of hydrogen-bond donors (Lipinski definition) is 0. The molecule has 1 aliphatic heterocycles. The van der Waals surface area contributed by atoms with Crippen LogP contribution in [-0.4, -0.2) is 29.6 Å². The van der Waals surface area contributed by atoms with Gasteiger partial charge >= 0.3 is 0 Å². The van der Waals surface area contributed by atoms with Crippen molar-refractivity contribution in [2.24, 2.45) is 5.92 Å². The average Bonchev–Trinajstić information content (AvgIpc) is 3.12. The van der Waals surface area contributed by atoms with Gasteiger partial charge in [0.05, 0.1) is 18.7 Å². The van der Waals surface area contributed by atoms with Crippen LogP contribution in [0.2, 0.25) is 0 Å². The normalized spacial score (nSPS) is 18.1. The monoisotopic (exact) mass is 303 g/mol. The highest BCUT2D eigenvalue weighted by atomic mass is 32.1. The molecule has 3 heterocycles. The first kappa shape index (κ1) is 13.8. The summed E-state index contributed by atoms with van der Waals surface area (Å²) >= 11 is 3.58. The zero-order valence-corrected chi connectivity index (χ0v) is 12.9. The first-order chi connectivity index (χ1) is 9.83. The molecule has 3 nitrogen and oxygen atoms in total. The second kappa shape index (κ2) is 6.51. The molecule has 0 spiro atoms. The Hall–Kier alpha value is -1.19. The zero-order valence-electron chi connectivity index (χ0n) is 11.2. The van der Waals surface area contributed by atoms with Crippen LogP contribution in [0.3, 0.4) is 0 Å². The first-order valence-electron chi connectivity index (χ1n) is 6.72. The number of nitrogens with zero attached hydrogens (tertiary/aromatic N) is 3. The highest BCUT2D eigenvalue weighted by Crippen LogP contribution is 2.20. The van der Waals surface area contributed by atoms with Crippen molar-refractivity contribution < 1.29 is 0 Å². The molecule has 0 saturated carbocycles. The van der Waals surface area contributed by atoms with Gasteiger partial charge < -0.3 is 0 Å². The first-order valence-corrected chi connectivity index (χ1v) is 8.48. The minimum atomic E-state index is 0.115. The molecule has 1 saturated heterocycles. The smallest absolute Gasteiger partial charge is 0.0718 e. The lowest BCUT2D eigenvalue weighted by Crippen LogP contribution is -2.48. The summed E-state index contributed by atoms with van der Waals surface area (Å²) in [7, 11) is 0. The van der Waals surface area contributed by atoms with E-state index in [1.54, 1.807) is 22.7 Å². The van der Waals surface area contributed by atoms with Gasteiger partial charge in [-0.25, -0.2) is 0 Å². The summed E-state index contributed by atoms with van der Waals surface area (Å²) in [5.74, 6) is 0.115. The van der Waals surface area contributed by atoms with Crippen LogP contribution in [-0.2, 0) is 13.1 Å². The summed E-state index contributed by atoms with van der Waals surface area (Å²) in [5.41, 5.74) is 0. The maximum atomic E-state index is 9.28. The Balaban J connectivity index is 1.64. The maximum Gasteiger partial charge on any atom is 0.0718 e. The minimum Gasteiger partial charge on any atom is -0.284 e. The molecule has 5 heteroatoms. The number of rotatable bonds is 4. The van der Waals surface area contributed by atoms with Crippen molar-refractivity contribution in [3.05, 3.63) is 44.8 Å². The topological polar surface area (TPSA) is 30.3 Å². The largest absolute Gasteiger partial charge is 0.284 e. The van der Waals surface area contributed by atoms with E-state index >= 15 is 0 Å². The number of hydrogen-bond acceptors (Lipinski definition) is 5. The van der Waals surface area contributed by atoms with Crippen LogP contribution < -0.4 is 0 Å². The molecular formula is C15H17N3S2. The van der Waals surface area contributed by atoms with Gasteiger partial charge in [-0.3, -0.25) is 9.80 Å². The molecule has 0 aromatic carbocycles. The van der Waals surface area contributed by atoms with E-state index in [-0.39, 0.29) is 5.92 Å². The lowest BCUT2D eigenvalue weighted by atomic mass is 10.1. The standard InChI is InChI=1S/C15H17N3S2/c16-7-13-8-17(10-14-3-1-5-19-14)12-18(9-13)11-15-4-2-6-20-15/h1-6,13H,8-12H2. The summed E-state index contributed by atoms with van der Waals surface area (Å²) in [5, 5.41) is 13.5. The van der Waals surface area contributed by atoms with E-state index in [9.17, 15) is 5.26 Å². The fraction of sp³-hybridized carbons (Fsp3) is 0.400. The Labute approximate surface area is 127 Å². The van der Waals surface area contributed by atoms with Crippen molar-refractivity contribution in [1.82, 2.24) is 9.80 Å². The van der Waals surface area contributed by atoms with E-state index < -0.39 is 0 Å². The van der Waals surface area contributed by atoms with Gasteiger partial charge in [-0.2, -0.15) is 5.26 Å². The van der Waals surface area contributed by atoms with Crippen molar-refractivity contribution in [2.75, 3.05) is 19.8 Å². The lowest BCUT2D eigenvalue weighted by molar-refractivity contribution is 0.0549. The van der Waals surface area contributed by atoms with Crippen molar-refractivity contribution in [1.29, 1.82) is 5.26 Å². The summed E-state index contributed by atoms with van der Waals surface area (Å²) in [4.78, 5) is 7.52. The van der Waals surface area contributed by atoms with Crippen molar-refractivity contribution in [3.8, 4) is 6.07 Å². The van der Waals surface area contributed by atoms with Gasteiger partial charge in [0.1, 0.15) is 0 Å². The summed E-state index contributed by atoms with van der Waals surface area (Å²) < 4.78 is 0. The third-order valence-electron chi connectivity index (χ3n) is 3.46. The molecule has 0 amide bonds. The molecule has 2 aromatic rings. The Bertz CT molecular complexity index is 512. The Kier molecular flexibility index (Phi) is 4.48. The minimum absolute atomic E-state index is 0.115. The molecule has 2 aromatic heterocycles. The highest BCUT2D eigenvalue weighted by Gasteiger charge is 2.25. The van der Waals surface area contributed by atoms with E-state index in [1.165, 1.54) is 9.75 Å². The van der Waals surface area contributed by atoms with Crippen molar-refractivity contribution >= 4 is 22.7 Å². The van der Waals surface area contributed by atoms with Crippen LogP contribution in [0.4, 0.5) is 0 Å². The molecule has 1 aliphatic rings. The Morgan fingerprint density at radius 2 is 1.60 bits per heavy atom. The van der Waals surface area contributed by atoms with E-state index in [1.807, 2.05) is 0 Å². The molecule has 104 valence electrons. The van der Waals surface area contributed by atoms with Crippen LogP contribution >= 0.6 is 22.7 Å². The molecule has 1 fully saturated rings. The SMILES string of the molecule is N#CC1CN(Cc2cccs2)CN(Cc2cccs2)C1. The van der Waals surface area contributed by atoms with Gasteiger partial charge in [-0.1, -0.05) is 12.1 Å². The van der Waals surface area contributed by atoms with Crippen molar-refractivity contribution in [2.45, 2.75) is 13.1 Å². The number of thiophene rings is 2. The van der Waals surface area contributed by atoms with Crippen LogP contribution in [0.15, 0.2) is 35.0 Å². The molecule has 0 N–H and O–H groups in total. The van der Waals surface area contributed by atoms with E-state index in [4.69, 9.17) is 0 Å². The molecule has 0 unspecified atom stereocenters. The van der Waals surface area contributed by atoms with E-state index in [0.29, 0.717) is 0 Å². The average molecular weight is 303 g/mol. The predicted molar refractivity (Wildman–Crippen MR) is 83.4 cm³/mol. The molecular weight excluding hydrogens is 286 g/mol. The lowest BCUT2D eigenvalue weighted by Gasteiger charge is -2.37. The molecule has 0 bridgehead atoms. The van der Waals surface area contributed by atoms with Crippen LogP contribution in [0.5, 0.6) is 0 Å². The Morgan fingerprint density at radius 1 is 1.05 bits per heavy atom. The van der Waals surface area contributed by atoms with Gasteiger partial charge in [-0.15, -0.1) is 22.7 Å². The second-order valence-corrected chi connectivity index (χ2v) is 7.21. The highest BCUT2D eigenvalue weighted by molar-refractivity contribution is 7.10. The fourth-order valence-corrected chi connectivity index (χ4v) is 4.13. The zero-order chi connectivity index (χ0) is 13.8. The molecule has 0 aliphatic carbocycles. The van der Waals surface area contributed by atoms with E-state index in [0.717, 1.165) is 32.8 Å². The van der Waals surface area contributed by atoms with Gasteiger partial charge in [-0.05, 0) is 22.9 Å². The van der Waals surface area contributed by atoms with Gasteiger partial charge in [0.15, 0.2) is 0 Å². The molecule has 0 atom stereocenters. The van der Waals surface area contributed by atoms with Gasteiger partial charge in [0.25, 0.3) is 0 Å². The second-order valence-electron chi connectivity index (χ2n) is 5.15. The van der Waals surface area contributed by atoms with Crippen LogP contribution in [0.25, 0.3) is 0 Å². The van der Waals surface area contributed by atoms with Gasteiger partial charge in [0, 0.05) is 35.9 Å². The molecule has 3 rings (SSSR count). The van der Waals surface area contributed by atoms with Gasteiger partial charge in [0.2, 0.25) is 0 Å². The number of nitriles is 1. The third kappa shape index (κ3) is 3.47. The van der Waals surface area contributed by atoms with Crippen LogP contribution in [0, 0.1) is 17.2 Å². The fourth-order valence-electron chi connectivity index (χ4n) is 2.64. The predicted octanol–water partition coefficient (Wildman–Crippen LogP) is 3.22. The molecule has 0 radical (unpaired) electrons. The maximum absolute atomic E-state index is 9.28. The quantitative estimate of drug-likeness (QED) is 0.869. The van der Waals surface area contributed by atoms with Crippen LogP contribution in [0.1, 0.15) is 9.75 Å². The molecule has 20 heavy (non-hydrogen) atoms. The van der Waals surface area contributed by atoms with Crippen molar-refractivity contribution in [3.63, 3.8) is 0 Å². The Morgan fingerprint density at radius 3 is 2.00 bits per heavy atom.